The molecule has 0 saturated heterocycles. The number of anilines is 2. The highest BCUT2D eigenvalue weighted by molar-refractivity contribution is 7.15. The second-order valence-corrected chi connectivity index (χ2v) is 9.65. The number of nitrogens with zero attached hydrogens (tertiary/aromatic N) is 4. The molecule has 0 bridgehead atoms. The Morgan fingerprint density at radius 2 is 1.89 bits per heavy atom. The first-order chi connectivity index (χ1) is 17.3. The first-order valence-corrected chi connectivity index (χ1v) is 12.5. The van der Waals surface area contributed by atoms with Crippen LogP contribution < -0.4 is 21.4 Å². The van der Waals surface area contributed by atoms with Crippen molar-refractivity contribution in [3.63, 3.8) is 0 Å². The van der Waals surface area contributed by atoms with Crippen molar-refractivity contribution in [2.45, 2.75) is 52.6 Å². The molecule has 2 aromatic heterocycles. The number of hydrogen-bond donors (Lipinski definition) is 2. The average Bonchev–Trinajstić information content (AvgIpc) is 3.23. The van der Waals surface area contributed by atoms with Crippen LogP contribution in [0.4, 0.5) is 11.6 Å². The Balaban J connectivity index is 1.54. The lowest BCUT2D eigenvalue weighted by atomic mass is 9.82. The van der Waals surface area contributed by atoms with Gasteiger partial charge in [-0.1, -0.05) is 11.3 Å². The van der Waals surface area contributed by atoms with Crippen molar-refractivity contribution < 1.29 is 14.6 Å². The Labute approximate surface area is 211 Å². The van der Waals surface area contributed by atoms with Gasteiger partial charge in [-0.15, -0.1) is 12.3 Å². The van der Waals surface area contributed by atoms with Crippen LogP contribution in [0.25, 0.3) is 0 Å². The first kappa shape index (κ1) is 25.2. The van der Waals surface area contributed by atoms with Crippen molar-refractivity contribution in [3.05, 3.63) is 55.8 Å². The smallest absolute Gasteiger partial charge is 0.354 e. The number of ether oxygens (including phenoxy) is 1. The van der Waals surface area contributed by atoms with Gasteiger partial charge in [0.2, 0.25) is 5.95 Å². The Kier molecular flexibility index (Phi) is 7.55. The molecule has 3 aromatic rings. The van der Waals surface area contributed by atoms with Gasteiger partial charge in [-0.25, -0.2) is 23.9 Å². The summed E-state index contributed by atoms with van der Waals surface area (Å²) in [5.74, 6) is 2.97. The van der Waals surface area contributed by atoms with Gasteiger partial charge in [0.1, 0.15) is 10.6 Å². The number of aromatic nitrogens is 4. The SMILES string of the molecule is C#CC1CCC(Cn2c(Nc3ccc(Oc4nc(C)c(C(=O)O)s4)cc3)nc(=O)n(CC)c2=O)CC1. The van der Waals surface area contributed by atoms with Gasteiger partial charge < -0.3 is 15.2 Å². The zero-order valence-electron chi connectivity index (χ0n) is 20.1. The fourth-order valence-electron chi connectivity index (χ4n) is 4.28. The number of carbonyl (C=O) groups is 1. The topological polar surface area (TPSA) is 128 Å². The normalized spacial score (nSPS) is 17.4. The maximum absolute atomic E-state index is 13.1. The number of benzene rings is 1. The number of aromatic carboxylic acids is 1. The lowest BCUT2D eigenvalue weighted by Gasteiger charge is -2.27. The Bertz CT molecular complexity index is 1410. The van der Waals surface area contributed by atoms with Crippen LogP contribution >= 0.6 is 11.3 Å². The van der Waals surface area contributed by atoms with Crippen LogP contribution in [0.5, 0.6) is 10.9 Å². The molecule has 4 rings (SSSR count). The lowest BCUT2D eigenvalue weighted by molar-refractivity contribution is 0.0701. The summed E-state index contributed by atoms with van der Waals surface area (Å²) in [7, 11) is 0. The molecule has 2 heterocycles. The second kappa shape index (κ2) is 10.8. The number of terminal acetylenes is 1. The third-order valence-corrected chi connectivity index (χ3v) is 7.30. The van der Waals surface area contributed by atoms with Gasteiger partial charge in [-0.3, -0.25) is 4.57 Å². The summed E-state index contributed by atoms with van der Waals surface area (Å²) in [6.45, 7) is 4.03. The minimum absolute atomic E-state index is 0.127. The third kappa shape index (κ3) is 5.49. The van der Waals surface area contributed by atoms with E-state index in [0.29, 0.717) is 23.7 Å². The Morgan fingerprint density at radius 3 is 2.47 bits per heavy atom. The molecule has 2 N–H and O–H groups in total. The van der Waals surface area contributed by atoms with Crippen LogP contribution in [0.2, 0.25) is 0 Å². The largest absolute Gasteiger partial charge is 0.477 e. The minimum atomic E-state index is -1.05. The summed E-state index contributed by atoms with van der Waals surface area (Å²) in [6.07, 6.45) is 9.24. The lowest BCUT2D eigenvalue weighted by Crippen LogP contribution is -2.43. The Morgan fingerprint density at radius 1 is 1.19 bits per heavy atom. The molecule has 188 valence electrons. The van der Waals surface area contributed by atoms with Crippen LogP contribution in [0.15, 0.2) is 33.9 Å². The molecule has 0 aliphatic heterocycles. The van der Waals surface area contributed by atoms with Crippen molar-refractivity contribution in [2.75, 3.05) is 5.32 Å². The van der Waals surface area contributed by atoms with E-state index in [-0.39, 0.29) is 34.4 Å². The van der Waals surface area contributed by atoms with Crippen molar-refractivity contribution in [1.29, 1.82) is 0 Å². The highest BCUT2D eigenvalue weighted by Crippen LogP contribution is 2.31. The van der Waals surface area contributed by atoms with Gasteiger partial charge in [0.25, 0.3) is 5.19 Å². The van der Waals surface area contributed by atoms with Gasteiger partial charge in [0.05, 0.1) is 5.69 Å². The van der Waals surface area contributed by atoms with Gasteiger partial charge in [0, 0.05) is 24.7 Å². The highest BCUT2D eigenvalue weighted by atomic mass is 32.1. The monoisotopic (exact) mass is 509 g/mol. The predicted octanol–water partition coefficient (Wildman–Crippen LogP) is 3.86. The number of rotatable bonds is 8. The summed E-state index contributed by atoms with van der Waals surface area (Å²) in [6, 6.07) is 6.79. The fourth-order valence-corrected chi connectivity index (χ4v) is 5.06. The van der Waals surface area contributed by atoms with Crippen molar-refractivity contribution in [2.24, 2.45) is 11.8 Å². The van der Waals surface area contributed by atoms with Gasteiger partial charge in [-0.2, -0.15) is 4.98 Å². The van der Waals surface area contributed by atoms with Gasteiger partial charge in [0.15, 0.2) is 0 Å². The van der Waals surface area contributed by atoms with E-state index in [1.54, 1.807) is 38.1 Å². The number of carboxylic acids is 1. The van der Waals surface area contributed by atoms with Crippen molar-refractivity contribution >= 4 is 28.9 Å². The predicted molar refractivity (Wildman–Crippen MR) is 136 cm³/mol. The number of aryl methyl sites for hydroxylation is 1. The van der Waals surface area contributed by atoms with E-state index in [1.807, 2.05) is 0 Å². The molecule has 1 aliphatic rings. The standard InChI is InChI=1S/C25H27N5O5S/c1-4-16-6-8-17(9-7-16)14-30-22(28-23(33)29(5-2)25(30)34)27-18-10-12-19(13-11-18)35-24-26-15(3)20(36-24)21(31)32/h1,10-13,16-17H,5-9,14H2,2-3H3,(H,31,32)(H,27,28,33). The third-order valence-electron chi connectivity index (χ3n) is 6.28. The first-order valence-electron chi connectivity index (χ1n) is 11.7. The molecular weight excluding hydrogens is 482 g/mol. The average molecular weight is 510 g/mol. The van der Waals surface area contributed by atoms with Crippen LogP contribution in [0.3, 0.4) is 0 Å². The Hall–Kier alpha value is -3.91. The van der Waals surface area contributed by atoms with E-state index < -0.39 is 17.3 Å². The number of nitrogens with one attached hydrogen (secondary N) is 1. The van der Waals surface area contributed by atoms with E-state index in [4.69, 9.17) is 11.2 Å². The number of carboxylic acid groups (broad SMARTS) is 1. The molecule has 0 atom stereocenters. The molecule has 1 fully saturated rings. The molecule has 11 heteroatoms. The van der Waals surface area contributed by atoms with Crippen LogP contribution in [0.1, 0.15) is 48.0 Å². The van der Waals surface area contributed by atoms with Crippen molar-refractivity contribution in [1.82, 2.24) is 19.1 Å². The summed E-state index contributed by atoms with van der Waals surface area (Å²) in [5.41, 5.74) is -0.00771. The van der Waals surface area contributed by atoms with Crippen LogP contribution in [-0.2, 0) is 13.1 Å². The summed E-state index contributed by atoms with van der Waals surface area (Å²) < 4.78 is 8.34. The molecule has 36 heavy (non-hydrogen) atoms. The quantitative estimate of drug-likeness (QED) is 0.438. The van der Waals surface area contributed by atoms with E-state index in [9.17, 15) is 19.5 Å². The summed E-state index contributed by atoms with van der Waals surface area (Å²) in [5, 5.41) is 12.5. The minimum Gasteiger partial charge on any atom is -0.477 e. The van der Waals surface area contributed by atoms with Crippen LogP contribution in [0, 0.1) is 31.1 Å². The highest BCUT2D eigenvalue weighted by Gasteiger charge is 2.23. The molecule has 10 nitrogen and oxygen atoms in total. The number of thiazole rings is 1. The molecule has 0 unspecified atom stereocenters. The molecule has 0 amide bonds. The molecule has 1 aliphatic carbocycles. The summed E-state index contributed by atoms with van der Waals surface area (Å²) in [4.78, 5) is 45.2. The maximum Gasteiger partial charge on any atom is 0.354 e. The molecular formula is C25H27N5O5S. The molecule has 0 spiro atoms. The van der Waals surface area contributed by atoms with E-state index in [2.05, 4.69) is 21.2 Å². The fraction of sp³-hybridized carbons (Fsp3) is 0.400. The van der Waals surface area contributed by atoms with Crippen LogP contribution in [-0.4, -0.2) is 30.2 Å². The molecule has 0 radical (unpaired) electrons. The van der Waals surface area contributed by atoms with E-state index in [1.165, 1.54) is 4.57 Å². The number of hydrogen-bond acceptors (Lipinski definition) is 8. The maximum atomic E-state index is 13.1. The van der Waals surface area contributed by atoms with Gasteiger partial charge >= 0.3 is 17.3 Å². The van der Waals surface area contributed by atoms with Gasteiger partial charge in [-0.05, 0) is 69.7 Å². The van der Waals surface area contributed by atoms with Crippen molar-refractivity contribution in [3.8, 4) is 23.3 Å². The molecule has 1 aromatic carbocycles. The zero-order chi connectivity index (χ0) is 25.8. The second-order valence-electron chi connectivity index (χ2n) is 8.69. The summed E-state index contributed by atoms with van der Waals surface area (Å²) >= 11 is 0.951. The van der Waals surface area contributed by atoms with E-state index >= 15 is 0 Å². The zero-order valence-corrected chi connectivity index (χ0v) is 20.9. The van der Waals surface area contributed by atoms with E-state index in [0.717, 1.165) is 41.6 Å². The molecule has 1 saturated carbocycles.